The first-order chi connectivity index (χ1) is 43.0. The molecule has 0 amide bonds. The number of nitrogens with zero attached hydrogens (tertiary/aromatic N) is 2. The summed E-state index contributed by atoms with van der Waals surface area (Å²) in [4.78, 5) is 4.95. The van der Waals surface area contributed by atoms with Gasteiger partial charge in [-0.2, -0.15) is 0 Å². The van der Waals surface area contributed by atoms with Crippen molar-refractivity contribution < 1.29 is 0 Å². The monoisotopic (exact) mass is 1130 g/mol. The van der Waals surface area contributed by atoms with Crippen LogP contribution in [0.5, 0.6) is 0 Å². The molecule has 87 heavy (non-hydrogen) atoms. The molecule has 0 bridgehead atoms. The zero-order valence-corrected chi connectivity index (χ0v) is 51.1. The van der Waals surface area contributed by atoms with Crippen LogP contribution < -0.4 is 9.80 Å². The van der Waals surface area contributed by atoms with Gasteiger partial charge in [0.15, 0.2) is 0 Å². The normalized spacial score (nSPS) is 12.7. The average Bonchev–Trinajstić information content (AvgIpc) is 1.65. The zero-order chi connectivity index (χ0) is 58.8. The SMILES string of the molecule is CCCCCCCCC1(CCCCCCCC)c2ccccc2-c2ccc(N(c3cccc(-c4ccccc4)c3)c3cccc(-c4cccc(-c5ccc(N(c6ccc(-c7cccc(-c8ccccc8)c7)cc6)c6ccc7c(c6)CC7)cc5)c4)c3)cc21. The van der Waals surface area contributed by atoms with E-state index >= 15 is 0 Å². The first-order valence-electron chi connectivity index (χ1n) is 32.7. The molecule has 0 saturated heterocycles. The Morgan fingerprint density at radius 1 is 0.253 bits per heavy atom. The molecule has 0 spiro atoms. The highest BCUT2D eigenvalue weighted by molar-refractivity contribution is 5.89. The van der Waals surface area contributed by atoms with Crippen molar-refractivity contribution in [3.05, 3.63) is 289 Å². The topological polar surface area (TPSA) is 6.48 Å². The van der Waals surface area contributed by atoms with Crippen LogP contribution in [0.4, 0.5) is 34.1 Å². The van der Waals surface area contributed by atoms with Crippen LogP contribution in [0.25, 0.3) is 66.8 Å². The summed E-state index contributed by atoms with van der Waals surface area (Å²) in [5, 5.41) is 0. The molecule has 13 rings (SSSR count). The predicted octanol–water partition coefficient (Wildman–Crippen LogP) is 24.8. The van der Waals surface area contributed by atoms with Gasteiger partial charge in [0.05, 0.1) is 0 Å². The molecule has 0 aromatic heterocycles. The molecule has 2 aliphatic carbocycles. The minimum atomic E-state index is -0.0295. The van der Waals surface area contributed by atoms with Crippen molar-refractivity contribution in [3.8, 4) is 66.8 Å². The number of aryl methyl sites for hydroxylation is 2. The van der Waals surface area contributed by atoms with Crippen molar-refractivity contribution in [1.29, 1.82) is 0 Å². The van der Waals surface area contributed by atoms with Crippen molar-refractivity contribution in [2.45, 2.75) is 122 Å². The fourth-order valence-corrected chi connectivity index (χ4v) is 14.1. The molecule has 0 fully saturated rings. The molecule has 2 aliphatic rings. The summed E-state index contributed by atoms with van der Waals surface area (Å²) in [5.41, 5.74) is 27.8. The second-order valence-electron chi connectivity index (χ2n) is 24.6. The lowest BCUT2D eigenvalue weighted by Crippen LogP contribution is -2.26. The number of unbranched alkanes of at least 4 members (excludes halogenated alkanes) is 10. The Hall–Kier alpha value is -8.98. The third-order valence-electron chi connectivity index (χ3n) is 18.9. The van der Waals surface area contributed by atoms with Gasteiger partial charge in [0.2, 0.25) is 0 Å². The standard InChI is InChI=1S/C85H82N2/c1-3-5-7-9-11-21-55-85(56-22-12-10-8-6-4-2)83-40-20-19-39-81(83)82-54-53-80(62-84(82)85)87(77-37-25-35-72(59-77)64-29-17-14-18-30-64)78-38-26-36-73(60-78)71-34-24-33-70(58-71)67-45-50-76(51-46-67)86(79-52-47-65-41-42-74(65)61-79)75-48-43-66(44-49-75)69-32-23-31-68(57-69)63-27-15-13-16-28-63/h13-20,23-40,43-54,57-62H,3-12,21-22,41-42,55-56H2,1-2H3. The number of fused-ring (bicyclic) bond motifs is 4. The van der Waals surface area contributed by atoms with Gasteiger partial charge in [-0.05, 0) is 200 Å². The summed E-state index contributed by atoms with van der Waals surface area (Å²) >= 11 is 0. The van der Waals surface area contributed by atoms with E-state index in [4.69, 9.17) is 0 Å². The fraction of sp³-hybridized carbons (Fsp3) is 0.224. The Labute approximate surface area is 518 Å². The van der Waals surface area contributed by atoms with Gasteiger partial charge in [-0.25, -0.2) is 0 Å². The van der Waals surface area contributed by atoms with Gasteiger partial charge in [0.25, 0.3) is 0 Å². The highest BCUT2D eigenvalue weighted by Gasteiger charge is 2.42. The van der Waals surface area contributed by atoms with Crippen LogP contribution in [0, 0.1) is 0 Å². The number of hydrogen-bond acceptors (Lipinski definition) is 2. The lowest BCUT2D eigenvalue weighted by Gasteiger charge is -2.34. The van der Waals surface area contributed by atoms with Gasteiger partial charge in [-0.1, -0.05) is 273 Å². The van der Waals surface area contributed by atoms with E-state index in [1.807, 2.05) is 0 Å². The molecule has 11 aromatic rings. The third-order valence-corrected chi connectivity index (χ3v) is 18.9. The van der Waals surface area contributed by atoms with Gasteiger partial charge in [0, 0.05) is 39.5 Å². The van der Waals surface area contributed by atoms with E-state index in [-0.39, 0.29) is 5.41 Å². The Bertz CT molecular complexity index is 4060. The maximum Gasteiger partial charge on any atom is 0.0467 e. The van der Waals surface area contributed by atoms with Crippen LogP contribution in [0.15, 0.2) is 267 Å². The highest BCUT2D eigenvalue weighted by Crippen LogP contribution is 2.56. The molecule has 0 saturated carbocycles. The van der Waals surface area contributed by atoms with Crippen molar-refractivity contribution in [1.82, 2.24) is 0 Å². The molecule has 0 N–H and O–H groups in total. The summed E-state index contributed by atoms with van der Waals surface area (Å²) < 4.78 is 0. The van der Waals surface area contributed by atoms with Crippen LogP contribution in [0.1, 0.15) is 126 Å². The Balaban J connectivity index is 0.835. The summed E-state index contributed by atoms with van der Waals surface area (Å²) in [6.07, 6.45) is 20.3. The minimum absolute atomic E-state index is 0.0295. The van der Waals surface area contributed by atoms with Crippen molar-refractivity contribution in [3.63, 3.8) is 0 Å². The molecule has 11 aromatic carbocycles. The maximum atomic E-state index is 2.61. The number of anilines is 6. The summed E-state index contributed by atoms with van der Waals surface area (Å²) in [6, 6.07) is 100. The quantitative estimate of drug-likeness (QED) is 0.0526. The summed E-state index contributed by atoms with van der Waals surface area (Å²) in [6.45, 7) is 4.65. The first-order valence-corrected chi connectivity index (χ1v) is 32.7. The maximum absolute atomic E-state index is 2.61. The van der Waals surface area contributed by atoms with E-state index in [9.17, 15) is 0 Å². The Morgan fingerprint density at radius 3 is 1.14 bits per heavy atom. The van der Waals surface area contributed by atoms with Gasteiger partial charge >= 0.3 is 0 Å². The molecule has 2 nitrogen and oxygen atoms in total. The highest BCUT2D eigenvalue weighted by atomic mass is 15.1. The van der Waals surface area contributed by atoms with Crippen LogP contribution in [-0.4, -0.2) is 0 Å². The van der Waals surface area contributed by atoms with Crippen LogP contribution in [0.2, 0.25) is 0 Å². The summed E-state index contributed by atoms with van der Waals surface area (Å²) in [5.74, 6) is 0. The van der Waals surface area contributed by atoms with E-state index in [1.54, 1.807) is 5.56 Å². The summed E-state index contributed by atoms with van der Waals surface area (Å²) in [7, 11) is 0. The number of benzene rings is 11. The van der Waals surface area contributed by atoms with E-state index in [1.165, 1.54) is 185 Å². The van der Waals surface area contributed by atoms with Gasteiger partial charge in [-0.3, -0.25) is 0 Å². The largest absolute Gasteiger partial charge is 0.310 e. The van der Waals surface area contributed by atoms with Crippen molar-refractivity contribution in [2.24, 2.45) is 0 Å². The van der Waals surface area contributed by atoms with Gasteiger partial charge in [-0.15, -0.1) is 0 Å². The van der Waals surface area contributed by atoms with E-state index in [0.717, 1.165) is 35.6 Å². The first kappa shape index (κ1) is 57.1. The number of rotatable bonds is 25. The molecule has 0 unspecified atom stereocenters. The van der Waals surface area contributed by atoms with Crippen molar-refractivity contribution >= 4 is 34.1 Å². The third kappa shape index (κ3) is 12.4. The second-order valence-corrected chi connectivity index (χ2v) is 24.6. The van der Waals surface area contributed by atoms with E-state index in [0.29, 0.717) is 0 Å². The molecule has 0 heterocycles. The molecule has 432 valence electrons. The van der Waals surface area contributed by atoms with Crippen molar-refractivity contribution in [2.75, 3.05) is 9.80 Å². The zero-order valence-electron chi connectivity index (χ0n) is 51.1. The lowest BCUT2D eigenvalue weighted by atomic mass is 9.70. The minimum Gasteiger partial charge on any atom is -0.310 e. The number of hydrogen-bond donors (Lipinski definition) is 0. The molecule has 0 atom stereocenters. The molecular formula is C85H82N2. The molecule has 2 heteroatoms. The molecular weight excluding hydrogens is 1050 g/mol. The smallest absolute Gasteiger partial charge is 0.0467 e. The van der Waals surface area contributed by atoms with E-state index < -0.39 is 0 Å². The van der Waals surface area contributed by atoms with Gasteiger partial charge in [0.1, 0.15) is 0 Å². The Kier molecular flexibility index (Phi) is 17.6. The van der Waals surface area contributed by atoms with Crippen LogP contribution >= 0.6 is 0 Å². The lowest BCUT2D eigenvalue weighted by molar-refractivity contribution is 0.398. The molecule has 0 aliphatic heterocycles. The molecule has 0 radical (unpaired) electrons. The fourth-order valence-electron chi connectivity index (χ4n) is 14.1. The predicted molar refractivity (Wildman–Crippen MR) is 373 cm³/mol. The van der Waals surface area contributed by atoms with Crippen LogP contribution in [0.3, 0.4) is 0 Å². The van der Waals surface area contributed by atoms with E-state index in [2.05, 4.69) is 291 Å². The van der Waals surface area contributed by atoms with Gasteiger partial charge < -0.3 is 9.80 Å². The second kappa shape index (κ2) is 26.7. The Morgan fingerprint density at radius 2 is 0.621 bits per heavy atom. The average molecular weight is 1130 g/mol. The van der Waals surface area contributed by atoms with Crippen LogP contribution in [-0.2, 0) is 18.3 Å².